The van der Waals surface area contributed by atoms with E-state index >= 15 is 0 Å². The van der Waals surface area contributed by atoms with E-state index in [1.165, 1.54) is 16.7 Å². The Hall–Kier alpha value is -1.63. The highest BCUT2D eigenvalue weighted by Crippen LogP contribution is 2.17. The monoisotopic (exact) mass is 197 g/mol. The van der Waals surface area contributed by atoms with Crippen molar-refractivity contribution in [3.63, 3.8) is 0 Å². The molecule has 0 N–H and O–H groups in total. The maximum Gasteiger partial charge on any atom is 0.0702 e. The van der Waals surface area contributed by atoms with E-state index in [2.05, 4.69) is 55.2 Å². The summed E-state index contributed by atoms with van der Waals surface area (Å²) >= 11 is 0. The molecule has 0 atom stereocenters. The summed E-state index contributed by atoms with van der Waals surface area (Å²) in [6.45, 7) is 4.22. The van der Waals surface area contributed by atoms with Crippen molar-refractivity contribution < 1.29 is 0 Å². The highest BCUT2D eigenvalue weighted by atomic mass is 14.7. The molecule has 1 aromatic carbocycles. The van der Waals surface area contributed by atoms with Crippen LogP contribution in [0.25, 0.3) is 11.3 Å². The first kappa shape index (κ1) is 9.91. The third kappa shape index (κ3) is 2.24. The van der Waals surface area contributed by atoms with Gasteiger partial charge in [-0.05, 0) is 30.5 Å². The number of nitrogens with zero attached hydrogens (tertiary/aromatic N) is 1. The molecule has 0 radical (unpaired) electrons. The van der Waals surface area contributed by atoms with Crippen LogP contribution in [0.4, 0.5) is 0 Å². The second-order valence-electron chi connectivity index (χ2n) is 3.77. The number of aryl methyl sites for hydroxylation is 2. The molecule has 0 fully saturated rings. The lowest BCUT2D eigenvalue weighted by atomic mass is 10.1. The number of aromatic nitrogens is 1. The van der Waals surface area contributed by atoms with Gasteiger partial charge in [-0.2, -0.15) is 0 Å². The molecule has 0 aliphatic heterocycles. The summed E-state index contributed by atoms with van der Waals surface area (Å²) in [6, 6.07) is 12.8. The smallest absolute Gasteiger partial charge is 0.0702 e. The lowest BCUT2D eigenvalue weighted by Gasteiger charge is -2.02. The Bertz CT molecular complexity index is 426. The van der Waals surface area contributed by atoms with Crippen LogP contribution in [0.1, 0.15) is 18.1 Å². The summed E-state index contributed by atoms with van der Waals surface area (Å²) in [7, 11) is 0. The SMILES string of the molecule is CCc1ccc(-c2ccc(C)cn2)cc1. The van der Waals surface area contributed by atoms with Crippen LogP contribution in [0.5, 0.6) is 0 Å². The van der Waals surface area contributed by atoms with Crippen molar-refractivity contribution in [1.82, 2.24) is 4.98 Å². The van der Waals surface area contributed by atoms with Gasteiger partial charge in [-0.3, -0.25) is 4.98 Å². The Balaban J connectivity index is 2.33. The van der Waals surface area contributed by atoms with Gasteiger partial charge in [0.15, 0.2) is 0 Å². The van der Waals surface area contributed by atoms with Crippen LogP contribution in [-0.4, -0.2) is 4.98 Å². The summed E-state index contributed by atoms with van der Waals surface area (Å²) in [5.74, 6) is 0. The van der Waals surface area contributed by atoms with E-state index < -0.39 is 0 Å². The molecule has 2 aromatic rings. The van der Waals surface area contributed by atoms with Crippen molar-refractivity contribution in [2.45, 2.75) is 20.3 Å². The van der Waals surface area contributed by atoms with E-state index in [4.69, 9.17) is 0 Å². The second kappa shape index (κ2) is 4.26. The minimum atomic E-state index is 1.04. The Kier molecular flexibility index (Phi) is 2.82. The van der Waals surface area contributed by atoms with Crippen molar-refractivity contribution in [1.29, 1.82) is 0 Å². The molecule has 0 spiro atoms. The molecule has 1 heteroatoms. The van der Waals surface area contributed by atoms with Crippen LogP contribution < -0.4 is 0 Å². The van der Waals surface area contributed by atoms with Crippen LogP contribution in [-0.2, 0) is 6.42 Å². The average molecular weight is 197 g/mol. The van der Waals surface area contributed by atoms with Gasteiger partial charge in [0.25, 0.3) is 0 Å². The van der Waals surface area contributed by atoms with E-state index in [0.29, 0.717) is 0 Å². The molecule has 0 amide bonds. The van der Waals surface area contributed by atoms with E-state index in [9.17, 15) is 0 Å². The Labute approximate surface area is 90.8 Å². The summed E-state index contributed by atoms with van der Waals surface area (Å²) in [4.78, 5) is 4.40. The molecule has 0 bridgehead atoms. The first-order valence-corrected chi connectivity index (χ1v) is 5.31. The maximum absolute atomic E-state index is 4.40. The van der Waals surface area contributed by atoms with Crippen LogP contribution >= 0.6 is 0 Å². The zero-order chi connectivity index (χ0) is 10.7. The molecule has 76 valence electrons. The standard InChI is InChI=1S/C14H15N/c1-3-12-5-7-13(8-6-12)14-9-4-11(2)10-15-14/h4-10H,3H2,1-2H3. The van der Waals surface area contributed by atoms with Gasteiger partial charge >= 0.3 is 0 Å². The van der Waals surface area contributed by atoms with Gasteiger partial charge in [0, 0.05) is 11.8 Å². The maximum atomic E-state index is 4.40. The zero-order valence-electron chi connectivity index (χ0n) is 9.20. The van der Waals surface area contributed by atoms with Gasteiger partial charge in [0.1, 0.15) is 0 Å². The van der Waals surface area contributed by atoms with Crippen molar-refractivity contribution in [3.8, 4) is 11.3 Å². The fourth-order valence-corrected chi connectivity index (χ4v) is 1.55. The molecular formula is C14H15N. The zero-order valence-corrected chi connectivity index (χ0v) is 9.20. The Morgan fingerprint density at radius 1 is 1.00 bits per heavy atom. The predicted molar refractivity (Wildman–Crippen MR) is 63.8 cm³/mol. The van der Waals surface area contributed by atoms with Gasteiger partial charge < -0.3 is 0 Å². The van der Waals surface area contributed by atoms with Gasteiger partial charge in [-0.1, -0.05) is 37.3 Å². The molecule has 0 unspecified atom stereocenters. The topological polar surface area (TPSA) is 12.9 Å². The lowest BCUT2D eigenvalue weighted by molar-refractivity contribution is 1.14. The van der Waals surface area contributed by atoms with Gasteiger partial charge in [-0.15, -0.1) is 0 Å². The molecule has 1 nitrogen and oxygen atoms in total. The fraction of sp³-hybridized carbons (Fsp3) is 0.214. The molecule has 15 heavy (non-hydrogen) atoms. The summed E-state index contributed by atoms with van der Waals surface area (Å²) in [5, 5.41) is 0. The third-order valence-corrected chi connectivity index (χ3v) is 2.57. The van der Waals surface area contributed by atoms with Gasteiger partial charge in [-0.25, -0.2) is 0 Å². The normalized spacial score (nSPS) is 10.3. The van der Waals surface area contributed by atoms with Crippen LogP contribution in [0.3, 0.4) is 0 Å². The van der Waals surface area contributed by atoms with Crippen molar-refractivity contribution >= 4 is 0 Å². The Morgan fingerprint density at radius 2 is 1.73 bits per heavy atom. The Morgan fingerprint density at radius 3 is 2.27 bits per heavy atom. The molecule has 2 rings (SSSR count). The third-order valence-electron chi connectivity index (χ3n) is 2.57. The van der Waals surface area contributed by atoms with Crippen molar-refractivity contribution in [3.05, 3.63) is 53.7 Å². The molecule has 1 aromatic heterocycles. The lowest BCUT2D eigenvalue weighted by Crippen LogP contribution is -1.85. The van der Waals surface area contributed by atoms with E-state index in [1.807, 2.05) is 6.20 Å². The number of hydrogen-bond donors (Lipinski definition) is 0. The quantitative estimate of drug-likeness (QED) is 0.716. The molecule has 0 aliphatic rings. The fourth-order valence-electron chi connectivity index (χ4n) is 1.55. The molecule has 1 heterocycles. The van der Waals surface area contributed by atoms with E-state index in [0.717, 1.165) is 12.1 Å². The molecule has 0 aliphatic carbocycles. The van der Waals surface area contributed by atoms with Crippen LogP contribution in [0.2, 0.25) is 0 Å². The minimum absolute atomic E-state index is 1.04. The second-order valence-corrected chi connectivity index (χ2v) is 3.77. The van der Waals surface area contributed by atoms with Crippen LogP contribution in [0.15, 0.2) is 42.6 Å². The molecular weight excluding hydrogens is 182 g/mol. The number of hydrogen-bond acceptors (Lipinski definition) is 1. The van der Waals surface area contributed by atoms with Crippen molar-refractivity contribution in [2.75, 3.05) is 0 Å². The van der Waals surface area contributed by atoms with Gasteiger partial charge in [0.05, 0.1) is 5.69 Å². The first-order chi connectivity index (χ1) is 7.29. The van der Waals surface area contributed by atoms with E-state index in [1.54, 1.807) is 0 Å². The summed E-state index contributed by atoms with van der Waals surface area (Å²) in [6.07, 6.45) is 2.99. The first-order valence-electron chi connectivity index (χ1n) is 5.31. The molecule has 0 saturated carbocycles. The van der Waals surface area contributed by atoms with Gasteiger partial charge in [0.2, 0.25) is 0 Å². The average Bonchev–Trinajstić information content (AvgIpc) is 2.30. The van der Waals surface area contributed by atoms with Crippen molar-refractivity contribution in [2.24, 2.45) is 0 Å². The van der Waals surface area contributed by atoms with E-state index in [-0.39, 0.29) is 0 Å². The summed E-state index contributed by atoms with van der Waals surface area (Å²) in [5.41, 5.74) is 4.80. The number of benzene rings is 1. The van der Waals surface area contributed by atoms with Crippen LogP contribution in [0, 0.1) is 6.92 Å². The minimum Gasteiger partial charge on any atom is -0.256 e. The summed E-state index contributed by atoms with van der Waals surface area (Å²) < 4.78 is 0. The number of pyridine rings is 1. The highest BCUT2D eigenvalue weighted by Gasteiger charge is 1.98. The largest absolute Gasteiger partial charge is 0.256 e. The molecule has 0 saturated heterocycles. The number of rotatable bonds is 2. The highest BCUT2D eigenvalue weighted by molar-refractivity contribution is 5.59. The predicted octanol–water partition coefficient (Wildman–Crippen LogP) is 3.62.